The first kappa shape index (κ1) is 29.7. The molecule has 11 heteroatoms. The summed E-state index contributed by atoms with van der Waals surface area (Å²) in [6, 6.07) is 4.11. The SMILES string of the molecule is CCCCCC(=O)O[C@@H](C)CC(N)(Cc1ccc(OC(=O)OCC)c(OC(=O)OCC)c1)C(=O)O. The standard InChI is InChI=1S/C24H35NO10/c1-5-8-9-10-20(26)33-16(4)14-24(25,21(27)28)15-17-11-12-18(34-22(29)31-6-2)19(13-17)35-23(30)32-7-3/h11-13,16H,5-10,14-15,25H2,1-4H3,(H,27,28)/t16-,24?/m0/s1. The molecule has 1 rings (SSSR count). The van der Waals surface area contributed by atoms with Crippen molar-refractivity contribution < 1.29 is 48.0 Å². The van der Waals surface area contributed by atoms with Crippen LogP contribution in [0.15, 0.2) is 18.2 Å². The van der Waals surface area contributed by atoms with Gasteiger partial charge in [-0.15, -0.1) is 0 Å². The minimum Gasteiger partial charge on any atom is -0.480 e. The van der Waals surface area contributed by atoms with E-state index in [1.165, 1.54) is 18.2 Å². The highest BCUT2D eigenvalue weighted by Gasteiger charge is 2.37. The molecule has 0 saturated heterocycles. The van der Waals surface area contributed by atoms with E-state index < -0.39 is 35.9 Å². The van der Waals surface area contributed by atoms with Crippen molar-refractivity contribution >= 4 is 24.2 Å². The average Bonchev–Trinajstić information content (AvgIpc) is 2.75. The summed E-state index contributed by atoms with van der Waals surface area (Å²) in [4.78, 5) is 47.6. The first-order valence-electron chi connectivity index (χ1n) is 11.6. The second kappa shape index (κ2) is 14.8. The maximum Gasteiger partial charge on any atom is 0.513 e. The number of carboxylic acids is 1. The van der Waals surface area contributed by atoms with Crippen LogP contribution in [0, 0.1) is 0 Å². The molecule has 196 valence electrons. The molecule has 1 aromatic carbocycles. The van der Waals surface area contributed by atoms with E-state index >= 15 is 0 Å². The average molecular weight is 498 g/mol. The summed E-state index contributed by atoms with van der Waals surface area (Å²) >= 11 is 0. The molecule has 0 amide bonds. The van der Waals surface area contributed by atoms with E-state index in [2.05, 4.69) is 0 Å². The lowest BCUT2D eigenvalue weighted by molar-refractivity contribution is -0.153. The molecular weight excluding hydrogens is 462 g/mol. The van der Waals surface area contributed by atoms with Crippen LogP contribution >= 0.6 is 0 Å². The Bertz CT molecular complexity index is 872. The van der Waals surface area contributed by atoms with E-state index in [0.717, 1.165) is 12.8 Å². The maximum absolute atomic E-state index is 12.0. The topological polar surface area (TPSA) is 161 Å². The van der Waals surface area contributed by atoms with Crippen molar-refractivity contribution in [3.8, 4) is 11.5 Å². The largest absolute Gasteiger partial charge is 0.513 e. The summed E-state index contributed by atoms with van der Waals surface area (Å²) in [5.74, 6) is -2.03. The molecule has 0 spiro atoms. The lowest BCUT2D eigenvalue weighted by atomic mass is 9.86. The van der Waals surface area contributed by atoms with Gasteiger partial charge in [0.15, 0.2) is 11.5 Å². The number of hydrogen-bond donors (Lipinski definition) is 2. The number of carbonyl (C=O) groups excluding carboxylic acids is 3. The number of hydrogen-bond acceptors (Lipinski definition) is 10. The smallest absolute Gasteiger partial charge is 0.480 e. The van der Waals surface area contributed by atoms with Crippen LogP contribution in [0.2, 0.25) is 0 Å². The zero-order valence-electron chi connectivity index (χ0n) is 20.7. The molecule has 0 aliphatic heterocycles. The molecule has 1 aromatic rings. The highest BCUT2D eigenvalue weighted by molar-refractivity contribution is 5.79. The minimum absolute atomic E-state index is 0.0482. The van der Waals surface area contributed by atoms with E-state index in [4.69, 9.17) is 29.4 Å². The van der Waals surface area contributed by atoms with Gasteiger partial charge in [-0.2, -0.15) is 0 Å². The maximum atomic E-state index is 12.0. The van der Waals surface area contributed by atoms with Gasteiger partial charge in [-0.3, -0.25) is 9.59 Å². The molecule has 0 aliphatic rings. The van der Waals surface area contributed by atoms with Crippen molar-refractivity contribution in [2.24, 2.45) is 5.73 Å². The summed E-state index contributed by atoms with van der Waals surface area (Å²) in [6.07, 6.45) is -0.355. The number of nitrogens with two attached hydrogens (primary N) is 1. The third kappa shape index (κ3) is 10.6. The zero-order chi connectivity index (χ0) is 26.4. The number of carboxylic acid groups (broad SMARTS) is 1. The Morgan fingerprint density at radius 2 is 1.57 bits per heavy atom. The molecule has 3 N–H and O–H groups in total. The van der Waals surface area contributed by atoms with E-state index in [-0.39, 0.29) is 44.0 Å². The normalized spacial score (nSPS) is 13.2. The Morgan fingerprint density at radius 3 is 2.11 bits per heavy atom. The van der Waals surface area contributed by atoms with E-state index in [9.17, 15) is 24.3 Å². The third-order valence-electron chi connectivity index (χ3n) is 4.83. The van der Waals surface area contributed by atoms with Crippen LogP contribution in [0.3, 0.4) is 0 Å². The van der Waals surface area contributed by atoms with Crippen LogP contribution in [-0.2, 0) is 30.2 Å². The van der Waals surface area contributed by atoms with Crippen molar-refractivity contribution in [2.75, 3.05) is 13.2 Å². The van der Waals surface area contributed by atoms with Gasteiger partial charge in [0.1, 0.15) is 11.6 Å². The molecule has 0 heterocycles. The highest BCUT2D eigenvalue weighted by atomic mass is 16.7. The molecule has 0 bridgehead atoms. The van der Waals surface area contributed by atoms with Crippen LogP contribution < -0.4 is 15.2 Å². The van der Waals surface area contributed by atoms with Crippen LogP contribution in [-0.4, -0.2) is 54.2 Å². The Morgan fingerprint density at radius 1 is 0.971 bits per heavy atom. The van der Waals surface area contributed by atoms with Gasteiger partial charge < -0.3 is 34.5 Å². The monoisotopic (exact) mass is 497 g/mol. The molecule has 0 fully saturated rings. The lowest BCUT2D eigenvalue weighted by Crippen LogP contribution is -2.52. The van der Waals surface area contributed by atoms with Crippen LogP contribution in [0.25, 0.3) is 0 Å². The Balaban J connectivity index is 3.06. The molecule has 2 atom stereocenters. The van der Waals surface area contributed by atoms with Gasteiger partial charge in [0, 0.05) is 19.3 Å². The van der Waals surface area contributed by atoms with Crippen LogP contribution in [0.5, 0.6) is 11.5 Å². The van der Waals surface area contributed by atoms with Crippen LogP contribution in [0.1, 0.15) is 65.4 Å². The number of esters is 1. The van der Waals surface area contributed by atoms with E-state index in [1.807, 2.05) is 6.92 Å². The minimum atomic E-state index is -1.80. The van der Waals surface area contributed by atoms with Crippen molar-refractivity contribution in [1.82, 2.24) is 0 Å². The van der Waals surface area contributed by atoms with Crippen molar-refractivity contribution in [2.45, 2.75) is 77.9 Å². The molecular formula is C24H35NO10. The molecule has 0 saturated carbocycles. The summed E-state index contributed by atoms with van der Waals surface area (Å²) in [6.45, 7) is 6.89. The number of ether oxygens (including phenoxy) is 5. The molecule has 35 heavy (non-hydrogen) atoms. The van der Waals surface area contributed by atoms with Gasteiger partial charge in [-0.05, 0) is 44.9 Å². The van der Waals surface area contributed by atoms with Crippen molar-refractivity contribution in [1.29, 1.82) is 0 Å². The second-order valence-electron chi connectivity index (χ2n) is 7.95. The Hall–Kier alpha value is -3.34. The number of unbranched alkanes of at least 4 members (excludes halogenated alkanes) is 2. The third-order valence-corrected chi connectivity index (χ3v) is 4.83. The second-order valence-corrected chi connectivity index (χ2v) is 7.95. The van der Waals surface area contributed by atoms with Gasteiger partial charge in [0.05, 0.1) is 13.2 Å². The number of carbonyl (C=O) groups is 4. The number of rotatable bonds is 14. The van der Waals surface area contributed by atoms with Gasteiger partial charge in [0.25, 0.3) is 0 Å². The van der Waals surface area contributed by atoms with Gasteiger partial charge in [-0.1, -0.05) is 25.8 Å². The first-order chi connectivity index (χ1) is 16.5. The molecule has 0 aromatic heterocycles. The zero-order valence-corrected chi connectivity index (χ0v) is 20.7. The number of aliphatic carboxylic acids is 1. The van der Waals surface area contributed by atoms with Gasteiger partial charge >= 0.3 is 24.2 Å². The molecule has 11 nitrogen and oxygen atoms in total. The predicted molar refractivity (Wildman–Crippen MR) is 124 cm³/mol. The van der Waals surface area contributed by atoms with Gasteiger partial charge in [0.2, 0.25) is 0 Å². The lowest BCUT2D eigenvalue weighted by Gasteiger charge is -2.28. The molecule has 0 aliphatic carbocycles. The predicted octanol–water partition coefficient (Wildman–Crippen LogP) is 3.98. The fourth-order valence-corrected chi connectivity index (χ4v) is 3.26. The quantitative estimate of drug-likeness (QED) is 0.165. The first-order valence-corrected chi connectivity index (χ1v) is 11.6. The Kier molecular flexibility index (Phi) is 12.6. The summed E-state index contributed by atoms with van der Waals surface area (Å²) in [5, 5.41) is 9.81. The van der Waals surface area contributed by atoms with Gasteiger partial charge in [-0.25, -0.2) is 9.59 Å². The fourth-order valence-electron chi connectivity index (χ4n) is 3.26. The molecule has 1 unspecified atom stereocenters. The van der Waals surface area contributed by atoms with E-state index in [1.54, 1.807) is 20.8 Å². The fraction of sp³-hybridized carbons (Fsp3) is 0.583. The number of benzene rings is 1. The van der Waals surface area contributed by atoms with Crippen molar-refractivity contribution in [3.63, 3.8) is 0 Å². The molecule has 0 radical (unpaired) electrons. The summed E-state index contributed by atoms with van der Waals surface area (Å²) in [7, 11) is 0. The Labute approximate surface area is 204 Å². The van der Waals surface area contributed by atoms with Crippen molar-refractivity contribution in [3.05, 3.63) is 23.8 Å². The van der Waals surface area contributed by atoms with E-state index in [0.29, 0.717) is 12.0 Å². The highest BCUT2D eigenvalue weighted by Crippen LogP contribution is 2.31. The summed E-state index contributed by atoms with van der Waals surface area (Å²) < 4.78 is 25.0. The van der Waals surface area contributed by atoms with Crippen LogP contribution in [0.4, 0.5) is 9.59 Å². The summed E-state index contributed by atoms with van der Waals surface area (Å²) in [5.41, 5.74) is 4.77.